The Morgan fingerprint density at radius 2 is 1.68 bits per heavy atom. The van der Waals surface area contributed by atoms with E-state index in [0.29, 0.717) is 11.1 Å². The molecule has 2 amide bonds. The van der Waals surface area contributed by atoms with Gasteiger partial charge in [-0.05, 0) is 46.9 Å². The summed E-state index contributed by atoms with van der Waals surface area (Å²) < 4.78 is 31.7. The van der Waals surface area contributed by atoms with Crippen molar-refractivity contribution in [2.75, 3.05) is 13.7 Å². The van der Waals surface area contributed by atoms with E-state index in [4.69, 9.17) is 18.5 Å². The Labute approximate surface area is 236 Å². The van der Waals surface area contributed by atoms with Crippen LogP contribution in [0.4, 0.5) is 4.79 Å². The van der Waals surface area contributed by atoms with Crippen LogP contribution < -0.4 is 15.2 Å². The summed E-state index contributed by atoms with van der Waals surface area (Å²) in [6.07, 6.45) is -0.708. The first-order valence-electron chi connectivity index (χ1n) is 12.9. The van der Waals surface area contributed by atoms with Gasteiger partial charge >= 0.3 is 19.9 Å². The third-order valence-electron chi connectivity index (χ3n) is 7.04. The molecule has 1 aliphatic carbocycles. The predicted molar refractivity (Wildman–Crippen MR) is 147 cm³/mol. The molecule has 0 bridgehead atoms. The van der Waals surface area contributed by atoms with Crippen LogP contribution in [0.3, 0.4) is 0 Å². The van der Waals surface area contributed by atoms with Gasteiger partial charge in [0.25, 0.3) is 0 Å². The van der Waals surface area contributed by atoms with Crippen LogP contribution >= 0.6 is 7.82 Å². The Kier molecular flexibility index (Phi) is 8.12. The number of fused-ring (bicyclic) bond motifs is 4. The van der Waals surface area contributed by atoms with Crippen molar-refractivity contribution >= 4 is 25.8 Å². The van der Waals surface area contributed by atoms with Gasteiger partial charge in [0.2, 0.25) is 5.91 Å². The molecule has 11 nitrogen and oxygen atoms in total. The number of esters is 1. The van der Waals surface area contributed by atoms with E-state index in [1.54, 1.807) is 12.1 Å². The molecular formula is C29H29N2O9P. The highest BCUT2D eigenvalue weighted by Crippen LogP contribution is 2.50. The Bertz CT molecular complexity index is 1500. The molecule has 1 heterocycles. The topological polar surface area (TPSA) is 149 Å². The third-order valence-corrected chi connectivity index (χ3v) is 7.92. The van der Waals surface area contributed by atoms with Crippen LogP contribution in [0.1, 0.15) is 35.1 Å². The quantitative estimate of drug-likeness (QED) is 0.267. The number of phosphoric acid groups is 1. The molecule has 3 aromatic rings. The second-order valence-corrected chi connectivity index (χ2v) is 11.1. The van der Waals surface area contributed by atoms with E-state index < -0.39 is 37.9 Å². The van der Waals surface area contributed by atoms with E-state index in [1.807, 2.05) is 48.5 Å². The lowest BCUT2D eigenvalue weighted by Gasteiger charge is -2.23. The predicted octanol–water partition coefficient (Wildman–Crippen LogP) is 3.82. The lowest BCUT2D eigenvalue weighted by atomic mass is 9.98. The highest BCUT2D eigenvalue weighted by atomic mass is 31.2. The van der Waals surface area contributed by atoms with E-state index in [-0.39, 0.29) is 31.3 Å². The molecular weight excluding hydrogens is 551 g/mol. The van der Waals surface area contributed by atoms with E-state index in [0.717, 1.165) is 22.3 Å². The van der Waals surface area contributed by atoms with Gasteiger partial charge in [0.05, 0.1) is 13.7 Å². The average Bonchev–Trinajstić information content (AvgIpc) is 3.28. The van der Waals surface area contributed by atoms with Gasteiger partial charge in [-0.15, -0.1) is 0 Å². The maximum absolute atomic E-state index is 12.9. The first-order valence-corrected chi connectivity index (χ1v) is 14.4. The molecule has 0 radical (unpaired) electrons. The Morgan fingerprint density at radius 3 is 2.34 bits per heavy atom. The smallest absolute Gasteiger partial charge is 0.467 e. The SMILES string of the molecule is COC(=O)[C@H](Cc1ccc2c(c1)COP(=O)(O)O2)NC(=O)[C@H](C)NC(=O)OCC1c2ccccc2-c2ccccc21. The zero-order chi connectivity index (χ0) is 29.1. The Balaban J connectivity index is 1.18. The molecule has 0 fully saturated rings. The van der Waals surface area contributed by atoms with Crippen molar-refractivity contribution in [3.05, 3.63) is 89.0 Å². The number of phosphoric ester groups is 1. The Morgan fingerprint density at radius 1 is 1.02 bits per heavy atom. The van der Waals surface area contributed by atoms with E-state index in [2.05, 4.69) is 10.6 Å². The number of nitrogens with one attached hydrogen (secondary N) is 2. The van der Waals surface area contributed by atoms with Gasteiger partial charge in [0, 0.05) is 17.9 Å². The van der Waals surface area contributed by atoms with Gasteiger partial charge in [-0.1, -0.05) is 54.6 Å². The largest absolute Gasteiger partial charge is 0.527 e. The van der Waals surface area contributed by atoms with Crippen molar-refractivity contribution in [2.45, 2.75) is 38.0 Å². The molecule has 41 heavy (non-hydrogen) atoms. The van der Waals surface area contributed by atoms with E-state index in [9.17, 15) is 23.8 Å². The summed E-state index contributed by atoms with van der Waals surface area (Å²) >= 11 is 0. The van der Waals surface area contributed by atoms with Crippen molar-refractivity contribution in [2.24, 2.45) is 0 Å². The van der Waals surface area contributed by atoms with Crippen LogP contribution in [0.2, 0.25) is 0 Å². The molecule has 3 atom stereocenters. The molecule has 0 spiro atoms. The summed E-state index contributed by atoms with van der Waals surface area (Å²) in [4.78, 5) is 47.5. The minimum absolute atomic E-state index is 0.0557. The Hall–Kier alpha value is -4.18. The van der Waals surface area contributed by atoms with Crippen LogP contribution in [0.5, 0.6) is 5.75 Å². The summed E-state index contributed by atoms with van der Waals surface area (Å²) in [5.74, 6) is -1.22. The van der Waals surface area contributed by atoms with Crippen LogP contribution in [0.25, 0.3) is 11.1 Å². The first-order chi connectivity index (χ1) is 19.6. The van der Waals surface area contributed by atoms with Crippen LogP contribution in [0.15, 0.2) is 66.7 Å². The minimum atomic E-state index is -4.14. The maximum Gasteiger partial charge on any atom is 0.527 e. The molecule has 0 aromatic heterocycles. The van der Waals surface area contributed by atoms with Gasteiger partial charge in [-0.2, -0.15) is 0 Å². The van der Waals surface area contributed by atoms with E-state index in [1.165, 1.54) is 20.1 Å². The molecule has 3 aromatic carbocycles. The van der Waals surface area contributed by atoms with Crippen LogP contribution in [0, 0.1) is 0 Å². The zero-order valence-electron chi connectivity index (χ0n) is 22.4. The molecule has 214 valence electrons. The lowest BCUT2D eigenvalue weighted by molar-refractivity contribution is -0.145. The number of ether oxygens (including phenoxy) is 2. The summed E-state index contributed by atoms with van der Waals surface area (Å²) in [6, 6.07) is 18.6. The molecule has 0 saturated heterocycles. The molecule has 5 rings (SSSR count). The fourth-order valence-electron chi connectivity index (χ4n) is 5.01. The standard InChI is InChI=1S/C29H29N2O9P/c1-17(30-29(34)38-16-24-22-9-5-3-7-20(22)21-8-4-6-10-23(21)24)27(32)31-25(28(33)37-2)14-18-11-12-26-19(13-18)15-39-41(35,36)40-26/h3-13,17,24-25H,14-16H2,1-2H3,(H,30,34)(H,31,32)(H,35,36)/t17-,25-/m0/s1. The number of alkyl carbamates (subject to hydrolysis) is 1. The maximum atomic E-state index is 12.9. The van der Waals surface area contributed by atoms with Crippen LogP contribution in [-0.4, -0.2) is 48.7 Å². The molecule has 1 aliphatic heterocycles. The van der Waals surface area contributed by atoms with Gasteiger partial charge in [-0.25, -0.2) is 14.2 Å². The zero-order valence-corrected chi connectivity index (χ0v) is 23.3. The van der Waals surface area contributed by atoms with Crippen molar-refractivity contribution < 1.29 is 42.4 Å². The normalized spacial score (nSPS) is 18.5. The number of methoxy groups -OCH3 is 1. The summed E-state index contributed by atoms with van der Waals surface area (Å²) in [5, 5.41) is 5.12. The number of benzene rings is 3. The van der Waals surface area contributed by atoms with Crippen molar-refractivity contribution in [3.63, 3.8) is 0 Å². The fourth-order valence-corrected chi connectivity index (χ4v) is 5.80. The highest BCUT2D eigenvalue weighted by Gasteiger charge is 2.32. The second-order valence-electron chi connectivity index (χ2n) is 9.76. The number of rotatable bonds is 8. The molecule has 0 saturated carbocycles. The number of amides is 2. The molecule has 2 aliphatic rings. The van der Waals surface area contributed by atoms with Gasteiger partial charge in [0.15, 0.2) is 0 Å². The number of hydrogen-bond acceptors (Lipinski definition) is 8. The van der Waals surface area contributed by atoms with Crippen molar-refractivity contribution in [1.82, 2.24) is 10.6 Å². The number of carbonyl (C=O) groups excluding carboxylic acids is 3. The van der Waals surface area contributed by atoms with Gasteiger partial charge < -0.3 is 24.6 Å². The third kappa shape index (κ3) is 6.27. The molecule has 3 N–H and O–H groups in total. The van der Waals surface area contributed by atoms with Gasteiger partial charge in [0.1, 0.15) is 24.4 Å². The van der Waals surface area contributed by atoms with E-state index >= 15 is 0 Å². The molecule has 12 heteroatoms. The number of hydrogen-bond donors (Lipinski definition) is 3. The van der Waals surface area contributed by atoms with Crippen molar-refractivity contribution in [3.8, 4) is 16.9 Å². The monoisotopic (exact) mass is 580 g/mol. The minimum Gasteiger partial charge on any atom is -0.467 e. The van der Waals surface area contributed by atoms with Gasteiger partial charge in [-0.3, -0.25) is 14.2 Å². The molecule has 1 unspecified atom stereocenters. The second kappa shape index (κ2) is 11.7. The number of carbonyl (C=O) groups is 3. The average molecular weight is 581 g/mol. The summed E-state index contributed by atoms with van der Waals surface area (Å²) in [5.41, 5.74) is 5.48. The van der Waals surface area contributed by atoms with Crippen LogP contribution in [-0.2, 0) is 41.2 Å². The first kappa shape index (κ1) is 28.4. The van der Waals surface area contributed by atoms with Crippen molar-refractivity contribution in [1.29, 1.82) is 0 Å². The highest BCUT2D eigenvalue weighted by molar-refractivity contribution is 7.47. The summed E-state index contributed by atoms with van der Waals surface area (Å²) in [6.45, 7) is 1.43. The lowest BCUT2D eigenvalue weighted by Crippen LogP contribution is -2.51. The fraction of sp³-hybridized carbons (Fsp3) is 0.276. The summed E-state index contributed by atoms with van der Waals surface area (Å²) in [7, 11) is -2.94.